The lowest BCUT2D eigenvalue weighted by atomic mass is 9.66. The van der Waals surface area contributed by atoms with Crippen molar-refractivity contribution in [2.75, 3.05) is 0 Å². The lowest BCUT2D eigenvalue weighted by Crippen LogP contribution is -2.44. The van der Waals surface area contributed by atoms with E-state index < -0.39 is 0 Å². The number of nitrogens with zero attached hydrogens (tertiary/aromatic N) is 4. The average molecular weight is 484 g/mol. The first-order valence-corrected chi connectivity index (χ1v) is 13.0. The highest BCUT2D eigenvalue weighted by molar-refractivity contribution is 6.74. The van der Waals surface area contributed by atoms with Gasteiger partial charge in [0.05, 0.1) is 11.2 Å². The van der Waals surface area contributed by atoms with Gasteiger partial charge in [-0.1, -0.05) is 109 Å². The van der Waals surface area contributed by atoms with Crippen LogP contribution in [0.1, 0.15) is 0 Å². The van der Waals surface area contributed by atoms with Crippen LogP contribution in [0.25, 0.3) is 60.9 Å². The highest BCUT2D eigenvalue weighted by Gasteiger charge is 2.36. The maximum atomic E-state index is 5.36. The van der Waals surface area contributed by atoms with Crippen molar-refractivity contribution in [3.8, 4) is 17.1 Å². The maximum absolute atomic E-state index is 5.36. The van der Waals surface area contributed by atoms with Gasteiger partial charge in [-0.3, -0.25) is 4.57 Å². The van der Waals surface area contributed by atoms with E-state index in [1.54, 1.807) is 0 Å². The zero-order valence-electron chi connectivity index (χ0n) is 20.5. The summed E-state index contributed by atoms with van der Waals surface area (Å²) < 4.78 is 7.44. The fraction of sp³-hybridized carbons (Fsp3) is 0. The lowest BCUT2D eigenvalue weighted by Gasteiger charge is -2.20. The van der Waals surface area contributed by atoms with Gasteiger partial charge >= 0.3 is 6.98 Å². The summed E-state index contributed by atoms with van der Waals surface area (Å²) in [5, 5.41) is 3.70. The van der Waals surface area contributed by atoms with Crippen molar-refractivity contribution in [1.82, 2.24) is 18.5 Å². The molecule has 5 heteroatoms. The molecule has 0 saturated carbocycles. The maximum Gasteiger partial charge on any atom is 0.421 e. The summed E-state index contributed by atoms with van der Waals surface area (Å²) in [7, 11) is 0. The number of imidazole rings is 1. The minimum atomic E-state index is -0.0799. The van der Waals surface area contributed by atoms with Crippen molar-refractivity contribution < 1.29 is 0 Å². The van der Waals surface area contributed by atoms with Gasteiger partial charge in [0.25, 0.3) is 0 Å². The minimum absolute atomic E-state index is 0.0799. The van der Waals surface area contributed by atoms with Crippen molar-refractivity contribution in [3.63, 3.8) is 0 Å². The SMILES string of the molecule is c1ccc(B2n3c4ccccc4c4cccc(c43)-n3c(-c4ccccc4)nc4c5ccccc5n2c43)cc1. The van der Waals surface area contributed by atoms with Gasteiger partial charge in [-0.2, -0.15) is 0 Å². The summed E-state index contributed by atoms with van der Waals surface area (Å²) in [5.41, 5.74) is 9.31. The molecule has 5 aromatic carbocycles. The molecule has 0 bridgehead atoms. The van der Waals surface area contributed by atoms with Crippen molar-refractivity contribution >= 4 is 56.3 Å². The Balaban J connectivity index is 1.60. The molecule has 0 spiro atoms. The molecule has 0 unspecified atom stereocenters. The molecule has 3 aromatic heterocycles. The summed E-state index contributed by atoms with van der Waals surface area (Å²) in [6.45, 7) is -0.0799. The van der Waals surface area contributed by atoms with Crippen molar-refractivity contribution in [2.24, 2.45) is 0 Å². The topological polar surface area (TPSA) is 27.7 Å². The zero-order chi connectivity index (χ0) is 24.8. The molecule has 1 aliphatic rings. The monoisotopic (exact) mass is 484 g/mol. The number of hydrogen-bond donors (Lipinski definition) is 0. The quantitative estimate of drug-likeness (QED) is 0.246. The number of aromatic nitrogens is 4. The lowest BCUT2D eigenvalue weighted by molar-refractivity contribution is 1.08. The van der Waals surface area contributed by atoms with Crippen LogP contribution >= 0.6 is 0 Å². The Bertz CT molecular complexity index is 2190. The van der Waals surface area contributed by atoms with E-state index in [0.29, 0.717) is 0 Å². The summed E-state index contributed by atoms with van der Waals surface area (Å²) in [5.74, 6) is 0.966. The van der Waals surface area contributed by atoms with Crippen molar-refractivity contribution in [2.45, 2.75) is 0 Å². The molecule has 0 aliphatic carbocycles. The Morgan fingerprint density at radius 3 is 1.95 bits per heavy atom. The van der Waals surface area contributed by atoms with Gasteiger partial charge in [0, 0.05) is 32.8 Å². The van der Waals surface area contributed by atoms with Crippen LogP contribution in [0.5, 0.6) is 0 Å². The van der Waals surface area contributed by atoms with E-state index in [1.165, 1.54) is 38.2 Å². The normalized spacial score (nSPS) is 12.7. The van der Waals surface area contributed by atoms with Crippen LogP contribution < -0.4 is 5.46 Å². The third kappa shape index (κ3) is 2.43. The molecule has 0 atom stereocenters. The smallest absolute Gasteiger partial charge is 0.359 e. The first-order chi connectivity index (χ1) is 18.9. The summed E-state index contributed by atoms with van der Waals surface area (Å²) in [6.07, 6.45) is 0. The molecule has 0 N–H and O–H groups in total. The first kappa shape index (κ1) is 20.1. The molecule has 0 fully saturated rings. The number of benzene rings is 5. The van der Waals surface area contributed by atoms with E-state index in [1.807, 2.05) is 0 Å². The molecule has 0 radical (unpaired) electrons. The Morgan fingerprint density at radius 1 is 0.526 bits per heavy atom. The molecule has 0 amide bonds. The molecule has 0 saturated heterocycles. The molecule has 1 aliphatic heterocycles. The number of hydrogen-bond acceptors (Lipinski definition) is 1. The number of rotatable bonds is 2. The molecular formula is C33H21BN4. The van der Waals surface area contributed by atoms with Gasteiger partial charge in [0.1, 0.15) is 17.0 Å². The van der Waals surface area contributed by atoms with E-state index in [4.69, 9.17) is 4.98 Å². The van der Waals surface area contributed by atoms with Crippen LogP contribution in [0.2, 0.25) is 0 Å². The van der Waals surface area contributed by atoms with E-state index in [9.17, 15) is 0 Å². The van der Waals surface area contributed by atoms with E-state index in [-0.39, 0.29) is 6.98 Å². The molecule has 4 nitrogen and oxygen atoms in total. The largest absolute Gasteiger partial charge is 0.421 e. The Labute approximate surface area is 219 Å². The van der Waals surface area contributed by atoms with Gasteiger partial charge in [-0.15, -0.1) is 0 Å². The van der Waals surface area contributed by atoms with Crippen LogP contribution in [0.3, 0.4) is 0 Å². The Morgan fingerprint density at radius 2 is 1.16 bits per heavy atom. The van der Waals surface area contributed by atoms with E-state index >= 15 is 0 Å². The molecular weight excluding hydrogens is 463 g/mol. The number of fused-ring (bicyclic) bond motifs is 7. The predicted octanol–water partition coefficient (Wildman–Crippen LogP) is 6.86. The second kappa shape index (κ2) is 7.27. The fourth-order valence-electron chi connectivity index (χ4n) is 6.58. The second-order valence-electron chi connectivity index (χ2n) is 10.0. The Kier molecular flexibility index (Phi) is 3.84. The fourth-order valence-corrected chi connectivity index (χ4v) is 6.58. The molecule has 8 aromatic rings. The van der Waals surface area contributed by atoms with E-state index in [2.05, 4.69) is 141 Å². The molecule has 4 heterocycles. The van der Waals surface area contributed by atoms with Crippen LogP contribution in [0.4, 0.5) is 0 Å². The van der Waals surface area contributed by atoms with Crippen LogP contribution in [-0.4, -0.2) is 25.5 Å². The first-order valence-electron chi connectivity index (χ1n) is 13.0. The van der Waals surface area contributed by atoms with Crippen LogP contribution in [0.15, 0.2) is 127 Å². The summed E-state index contributed by atoms with van der Waals surface area (Å²) >= 11 is 0. The third-order valence-corrected chi connectivity index (χ3v) is 8.07. The van der Waals surface area contributed by atoms with Crippen LogP contribution in [0, 0.1) is 0 Å². The van der Waals surface area contributed by atoms with Crippen molar-refractivity contribution in [1.29, 1.82) is 0 Å². The van der Waals surface area contributed by atoms with E-state index in [0.717, 1.165) is 28.2 Å². The van der Waals surface area contributed by atoms with Gasteiger partial charge in [-0.25, -0.2) is 4.98 Å². The second-order valence-corrected chi connectivity index (χ2v) is 10.0. The standard InChI is InChI=1S/C33H21BN4/c1-3-12-22(13-4-1)32-35-30-26-17-8-10-20-28(26)38-33(30)36(32)29-21-11-18-25-24-16-7-9-19-27(24)37(31(25)29)34(38)23-14-5-2-6-15-23/h1-21H. The summed E-state index contributed by atoms with van der Waals surface area (Å²) in [4.78, 5) is 5.36. The highest BCUT2D eigenvalue weighted by Crippen LogP contribution is 2.42. The zero-order valence-corrected chi connectivity index (χ0v) is 20.5. The highest BCUT2D eigenvalue weighted by atomic mass is 15.2. The average Bonchev–Trinajstić information content (AvgIpc) is 3.60. The van der Waals surface area contributed by atoms with Gasteiger partial charge in [-0.05, 0) is 23.7 Å². The Hall–Kier alpha value is -5.03. The molecule has 176 valence electrons. The third-order valence-electron chi connectivity index (χ3n) is 8.07. The molecule has 9 rings (SSSR count). The summed E-state index contributed by atoms with van der Waals surface area (Å²) in [6, 6.07) is 45.6. The van der Waals surface area contributed by atoms with Gasteiger partial charge in [0.15, 0.2) is 0 Å². The van der Waals surface area contributed by atoms with Crippen molar-refractivity contribution in [3.05, 3.63) is 127 Å². The van der Waals surface area contributed by atoms with Gasteiger partial charge in [0.2, 0.25) is 0 Å². The van der Waals surface area contributed by atoms with Crippen LogP contribution in [-0.2, 0) is 0 Å². The molecule has 38 heavy (non-hydrogen) atoms. The van der Waals surface area contributed by atoms with Gasteiger partial charge < -0.3 is 8.96 Å². The predicted molar refractivity (Wildman–Crippen MR) is 158 cm³/mol. The minimum Gasteiger partial charge on any atom is -0.359 e. The number of para-hydroxylation sites is 3.